The highest BCUT2D eigenvalue weighted by atomic mass is 15.2. The van der Waals surface area contributed by atoms with E-state index in [1.807, 2.05) is 0 Å². The summed E-state index contributed by atoms with van der Waals surface area (Å²) in [6, 6.07) is 3.03. The van der Waals surface area contributed by atoms with Gasteiger partial charge in [-0.15, -0.1) is 0 Å². The maximum absolute atomic E-state index is 8.63. The molecule has 1 saturated carbocycles. The molecule has 0 radical (unpaired) electrons. The van der Waals surface area contributed by atoms with Crippen molar-refractivity contribution in [3.63, 3.8) is 0 Å². The maximum Gasteiger partial charge on any atom is 0.0868 e. The van der Waals surface area contributed by atoms with Crippen molar-refractivity contribution >= 4 is 0 Å². The van der Waals surface area contributed by atoms with Gasteiger partial charge >= 0.3 is 0 Å². The molecule has 2 unspecified atom stereocenters. The Bertz CT molecular complexity index is 195. The topological polar surface area (TPSA) is 27.0 Å². The molecule has 1 aliphatic carbocycles. The Kier molecular flexibility index (Phi) is 2.32. The third-order valence-electron chi connectivity index (χ3n) is 3.40. The SMILES string of the molecule is N#CCN1CCC2CCCCC21. The molecule has 0 bridgehead atoms. The molecule has 2 nitrogen and oxygen atoms in total. The summed E-state index contributed by atoms with van der Waals surface area (Å²) in [5, 5.41) is 8.63. The van der Waals surface area contributed by atoms with Crippen LogP contribution >= 0.6 is 0 Å². The number of hydrogen-bond acceptors (Lipinski definition) is 2. The van der Waals surface area contributed by atoms with Crippen LogP contribution in [0.25, 0.3) is 0 Å². The number of nitriles is 1. The zero-order valence-corrected chi connectivity index (χ0v) is 7.50. The van der Waals surface area contributed by atoms with Gasteiger partial charge in [-0.1, -0.05) is 12.8 Å². The van der Waals surface area contributed by atoms with E-state index >= 15 is 0 Å². The van der Waals surface area contributed by atoms with Gasteiger partial charge in [0.05, 0.1) is 12.6 Å². The Balaban J connectivity index is 1.97. The van der Waals surface area contributed by atoms with E-state index in [1.54, 1.807) is 0 Å². The molecule has 2 rings (SSSR count). The lowest BCUT2D eigenvalue weighted by Gasteiger charge is -2.30. The average Bonchev–Trinajstić information content (AvgIpc) is 2.50. The third kappa shape index (κ3) is 1.34. The fourth-order valence-corrected chi connectivity index (χ4v) is 2.79. The fraction of sp³-hybridized carbons (Fsp3) is 0.900. The zero-order chi connectivity index (χ0) is 8.39. The highest BCUT2D eigenvalue weighted by molar-refractivity contribution is 4.93. The molecule has 1 heterocycles. The van der Waals surface area contributed by atoms with Gasteiger partial charge in [0, 0.05) is 6.04 Å². The minimum absolute atomic E-state index is 0.654. The molecular formula is C10H16N2. The summed E-state index contributed by atoms with van der Waals surface area (Å²) in [5.74, 6) is 0.923. The van der Waals surface area contributed by atoms with Crippen LogP contribution in [0.2, 0.25) is 0 Å². The maximum atomic E-state index is 8.63. The number of fused-ring (bicyclic) bond motifs is 1. The summed E-state index contributed by atoms with van der Waals surface area (Å²) in [7, 11) is 0. The van der Waals surface area contributed by atoms with E-state index in [-0.39, 0.29) is 0 Å². The van der Waals surface area contributed by atoms with E-state index in [4.69, 9.17) is 5.26 Å². The molecule has 66 valence electrons. The monoisotopic (exact) mass is 164 g/mol. The molecule has 2 heteroatoms. The van der Waals surface area contributed by atoms with Crippen LogP contribution in [0.4, 0.5) is 0 Å². The minimum atomic E-state index is 0.654. The van der Waals surface area contributed by atoms with Gasteiger partial charge in [-0.25, -0.2) is 0 Å². The highest BCUT2D eigenvalue weighted by Gasteiger charge is 2.34. The summed E-state index contributed by atoms with van der Waals surface area (Å²) in [4.78, 5) is 2.38. The molecule has 0 N–H and O–H groups in total. The van der Waals surface area contributed by atoms with Crippen LogP contribution in [0, 0.1) is 17.2 Å². The zero-order valence-electron chi connectivity index (χ0n) is 7.50. The number of hydrogen-bond donors (Lipinski definition) is 0. The smallest absolute Gasteiger partial charge is 0.0868 e. The van der Waals surface area contributed by atoms with Crippen LogP contribution in [0.5, 0.6) is 0 Å². The Morgan fingerprint density at radius 2 is 2.08 bits per heavy atom. The van der Waals surface area contributed by atoms with Crippen LogP contribution in [0.15, 0.2) is 0 Å². The van der Waals surface area contributed by atoms with Crippen molar-refractivity contribution in [2.75, 3.05) is 13.1 Å². The lowest BCUT2D eigenvalue weighted by Crippen LogP contribution is -2.34. The molecule has 1 aliphatic heterocycles. The first-order valence-electron chi connectivity index (χ1n) is 5.03. The molecule has 0 aromatic heterocycles. The Hall–Kier alpha value is -0.550. The van der Waals surface area contributed by atoms with Gasteiger partial charge in [0.2, 0.25) is 0 Å². The van der Waals surface area contributed by atoms with Crippen LogP contribution in [-0.2, 0) is 0 Å². The van der Waals surface area contributed by atoms with Gasteiger partial charge in [0.25, 0.3) is 0 Å². The summed E-state index contributed by atoms with van der Waals surface area (Å²) in [6.07, 6.45) is 6.88. The summed E-state index contributed by atoms with van der Waals surface area (Å²) >= 11 is 0. The second-order valence-corrected chi connectivity index (χ2v) is 4.03. The van der Waals surface area contributed by atoms with E-state index in [0.29, 0.717) is 6.54 Å². The highest BCUT2D eigenvalue weighted by Crippen LogP contribution is 2.35. The quantitative estimate of drug-likeness (QED) is 0.552. The van der Waals surface area contributed by atoms with Crippen LogP contribution in [0.3, 0.4) is 0 Å². The Morgan fingerprint density at radius 1 is 1.25 bits per heavy atom. The average molecular weight is 164 g/mol. The predicted octanol–water partition coefficient (Wildman–Crippen LogP) is 1.77. The van der Waals surface area contributed by atoms with Gasteiger partial charge < -0.3 is 0 Å². The first-order chi connectivity index (χ1) is 5.92. The van der Waals surface area contributed by atoms with E-state index in [0.717, 1.165) is 12.0 Å². The normalized spacial score (nSPS) is 35.9. The van der Waals surface area contributed by atoms with Gasteiger partial charge in [-0.3, -0.25) is 4.90 Å². The van der Waals surface area contributed by atoms with Crippen molar-refractivity contribution < 1.29 is 0 Å². The fourth-order valence-electron chi connectivity index (χ4n) is 2.79. The standard InChI is InChI=1S/C10H16N2/c11-6-8-12-7-5-9-3-1-2-4-10(9)12/h9-10H,1-5,7-8H2. The summed E-state index contributed by atoms with van der Waals surface area (Å²) in [6.45, 7) is 1.82. The van der Waals surface area contributed by atoms with Gasteiger partial charge in [0.15, 0.2) is 0 Å². The molecule has 0 aromatic rings. The van der Waals surface area contributed by atoms with Crippen LogP contribution < -0.4 is 0 Å². The summed E-state index contributed by atoms with van der Waals surface area (Å²) in [5.41, 5.74) is 0. The third-order valence-corrected chi connectivity index (χ3v) is 3.40. The van der Waals surface area contributed by atoms with E-state index in [9.17, 15) is 0 Å². The van der Waals surface area contributed by atoms with Crippen LogP contribution in [-0.4, -0.2) is 24.0 Å². The van der Waals surface area contributed by atoms with E-state index in [1.165, 1.54) is 38.6 Å². The van der Waals surface area contributed by atoms with E-state index in [2.05, 4.69) is 11.0 Å². The molecule has 12 heavy (non-hydrogen) atoms. The molecule has 0 aromatic carbocycles. The molecule has 1 saturated heterocycles. The van der Waals surface area contributed by atoms with Gasteiger partial charge in [0.1, 0.15) is 0 Å². The number of likely N-dealkylation sites (tertiary alicyclic amines) is 1. The Morgan fingerprint density at radius 3 is 2.92 bits per heavy atom. The molecule has 2 aliphatic rings. The molecular weight excluding hydrogens is 148 g/mol. The lowest BCUT2D eigenvalue weighted by atomic mass is 9.85. The van der Waals surface area contributed by atoms with Crippen molar-refractivity contribution in [1.29, 1.82) is 5.26 Å². The number of rotatable bonds is 1. The van der Waals surface area contributed by atoms with Crippen LogP contribution in [0.1, 0.15) is 32.1 Å². The second-order valence-electron chi connectivity index (χ2n) is 4.03. The molecule has 0 amide bonds. The number of nitrogens with zero attached hydrogens (tertiary/aromatic N) is 2. The minimum Gasteiger partial charge on any atom is -0.287 e. The van der Waals surface area contributed by atoms with Crippen molar-refractivity contribution in [1.82, 2.24) is 4.90 Å². The van der Waals surface area contributed by atoms with Gasteiger partial charge in [-0.05, 0) is 31.7 Å². The first-order valence-corrected chi connectivity index (χ1v) is 5.03. The van der Waals surface area contributed by atoms with Gasteiger partial charge in [-0.2, -0.15) is 5.26 Å². The predicted molar refractivity (Wildman–Crippen MR) is 47.5 cm³/mol. The largest absolute Gasteiger partial charge is 0.287 e. The van der Waals surface area contributed by atoms with Crippen molar-refractivity contribution in [3.8, 4) is 6.07 Å². The molecule has 2 fully saturated rings. The van der Waals surface area contributed by atoms with E-state index < -0.39 is 0 Å². The Labute approximate surface area is 74.2 Å². The second kappa shape index (κ2) is 3.45. The van der Waals surface area contributed by atoms with Crippen molar-refractivity contribution in [3.05, 3.63) is 0 Å². The van der Waals surface area contributed by atoms with Crippen molar-refractivity contribution in [2.45, 2.75) is 38.1 Å². The summed E-state index contributed by atoms with van der Waals surface area (Å²) < 4.78 is 0. The lowest BCUT2D eigenvalue weighted by molar-refractivity contribution is 0.199. The first kappa shape index (κ1) is 8.07. The molecule has 2 atom stereocenters. The molecule has 0 spiro atoms. The van der Waals surface area contributed by atoms with Crippen molar-refractivity contribution in [2.24, 2.45) is 5.92 Å².